The molecule has 0 radical (unpaired) electrons. The molecule has 2 atom stereocenters. The van der Waals surface area contributed by atoms with E-state index in [1.165, 1.54) is 6.07 Å². The minimum Gasteiger partial charge on any atom is -0.616 e. The number of hydrogen-bond donors (Lipinski definition) is 1. The van der Waals surface area contributed by atoms with Gasteiger partial charge in [0, 0.05) is 29.0 Å². The minimum atomic E-state index is -2.99. The molecule has 6 nitrogen and oxygen atoms in total. The van der Waals surface area contributed by atoms with Crippen molar-refractivity contribution in [2.24, 2.45) is 0 Å². The molecule has 2 aliphatic heterocycles. The van der Waals surface area contributed by atoms with Crippen LogP contribution in [0.15, 0.2) is 36.4 Å². The zero-order chi connectivity index (χ0) is 24.0. The molecular formula is C25H25F2N3O3S. The van der Waals surface area contributed by atoms with Crippen LogP contribution in [0.1, 0.15) is 41.9 Å². The Morgan fingerprint density at radius 2 is 2.09 bits per heavy atom. The second-order valence-electron chi connectivity index (χ2n) is 8.56. The number of rotatable bonds is 5. The fourth-order valence-electron chi connectivity index (χ4n) is 4.52. The third kappa shape index (κ3) is 4.07. The van der Waals surface area contributed by atoms with Crippen LogP contribution < -0.4 is 14.8 Å². The molecule has 0 spiro atoms. The average molecular weight is 486 g/mol. The van der Waals surface area contributed by atoms with Crippen LogP contribution in [0, 0.1) is 6.92 Å². The molecule has 178 valence electrons. The Labute approximate surface area is 199 Å². The number of aromatic nitrogens is 2. The van der Waals surface area contributed by atoms with Gasteiger partial charge in [0.05, 0.1) is 24.2 Å². The number of halogens is 2. The maximum Gasteiger partial charge on any atom is 0.310 e. The lowest BCUT2D eigenvalue weighted by atomic mass is 9.99. The lowest BCUT2D eigenvalue weighted by Crippen LogP contribution is -2.15. The van der Waals surface area contributed by atoms with Gasteiger partial charge in [-0.25, -0.2) is 9.97 Å². The molecule has 1 aromatic heterocycles. The number of methoxy groups -OCH3 is 1. The van der Waals surface area contributed by atoms with E-state index in [0.717, 1.165) is 16.5 Å². The molecule has 2 unspecified atom stereocenters. The number of ether oxygens (including phenoxy) is 2. The molecule has 2 aromatic carbocycles. The number of alkyl halides is 2. The van der Waals surface area contributed by atoms with Gasteiger partial charge in [-0.1, -0.05) is 12.1 Å². The summed E-state index contributed by atoms with van der Waals surface area (Å²) in [6.07, 6.45) is 2.70. The molecule has 34 heavy (non-hydrogen) atoms. The van der Waals surface area contributed by atoms with E-state index in [0.29, 0.717) is 46.4 Å². The second kappa shape index (κ2) is 8.70. The summed E-state index contributed by atoms with van der Waals surface area (Å²) in [7, 11) is 1.62. The molecule has 3 heterocycles. The smallest absolute Gasteiger partial charge is 0.310 e. The first-order valence-corrected chi connectivity index (χ1v) is 12.6. The molecule has 2 aliphatic rings. The van der Waals surface area contributed by atoms with E-state index >= 15 is 0 Å². The molecule has 5 rings (SSSR count). The summed E-state index contributed by atoms with van der Waals surface area (Å²) in [5.41, 5.74) is 3.26. The zero-order valence-electron chi connectivity index (χ0n) is 19.2. The molecule has 3 aromatic rings. The van der Waals surface area contributed by atoms with Crippen LogP contribution in [-0.2, 0) is 17.1 Å². The third-order valence-electron chi connectivity index (χ3n) is 6.25. The summed E-state index contributed by atoms with van der Waals surface area (Å²) in [4.78, 5) is 9.20. The largest absolute Gasteiger partial charge is 0.616 e. The number of benzene rings is 2. The molecule has 0 fully saturated rings. The monoisotopic (exact) mass is 485 g/mol. The van der Waals surface area contributed by atoms with Crippen LogP contribution in [0.3, 0.4) is 0 Å². The SMILES string of the molecule is COc1cc2nc(C)nc(NC(C)c3cccc4c3OCC4(F)F)c2cc1C1=CC[S+]([O-])CC1. The standard InChI is InChI=1S/C25H25F2N3O3S/c1-14(17-5-4-6-20-23(17)33-13-25(20,26)27)28-24-19-11-18(16-7-9-34(31)10-8-16)22(32-3)12-21(19)29-15(2)30-24/h4-7,11-12,14H,8-10,13H2,1-3H3,(H,28,29,30). The summed E-state index contributed by atoms with van der Waals surface area (Å²) in [5.74, 6) is 0.236. The van der Waals surface area contributed by atoms with Gasteiger partial charge < -0.3 is 19.3 Å². The summed E-state index contributed by atoms with van der Waals surface area (Å²) in [6, 6.07) is 8.35. The van der Waals surface area contributed by atoms with E-state index in [-0.39, 0.29) is 17.4 Å². The van der Waals surface area contributed by atoms with Crippen LogP contribution in [0.2, 0.25) is 0 Å². The second-order valence-corrected chi connectivity index (χ2v) is 10.2. The lowest BCUT2D eigenvalue weighted by Gasteiger charge is -2.21. The maximum absolute atomic E-state index is 14.2. The van der Waals surface area contributed by atoms with Crippen molar-refractivity contribution in [3.05, 3.63) is 58.9 Å². The van der Waals surface area contributed by atoms with Crippen LogP contribution in [0.5, 0.6) is 11.5 Å². The van der Waals surface area contributed by atoms with Crippen LogP contribution in [0.4, 0.5) is 14.6 Å². The number of aryl methyl sites for hydroxylation is 1. The van der Waals surface area contributed by atoms with Crippen molar-refractivity contribution >= 4 is 33.5 Å². The van der Waals surface area contributed by atoms with Gasteiger partial charge in [-0.2, -0.15) is 8.78 Å². The van der Waals surface area contributed by atoms with Crippen LogP contribution in [0.25, 0.3) is 16.5 Å². The van der Waals surface area contributed by atoms with Crippen molar-refractivity contribution in [2.75, 3.05) is 30.5 Å². The first-order chi connectivity index (χ1) is 16.3. The van der Waals surface area contributed by atoms with Gasteiger partial charge in [-0.15, -0.1) is 0 Å². The molecule has 0 saturated carbocycles. The Morgan fingerprint density at radius 3 is 2.82 bits per heavy atom. The van der Waals surface area contributed by atoms with Gasteiger partial charge in [0.25, 0.3) is 0 Å². The summed E-state index contributed by atoms with van der Waals surface area (Å²) in [5, 5.41) is 4.18. The predicted molar refractivity (Wildman–Crippen MR) is 129 cm³/mol. The highest BCUT2D eigenvalue weighted by atomic mass is 32.2. The highest BCUT2D eigenvalue weighted by Gasteiger charge is 2.42. The average Bonchev–Trinajstić information content (AvgIpc) is 3.13. The van der Waals surface area contributed by atoms with Gasteiger partial charge in [0.1, 0.15) is 34.6 Å². The van der Waals surface area contributed by atoms with Crippen LogP contribution in [-0.4, -0.2) is 39.7 Å². The lowest BCUT2D eigenvalue weighted by molar-refractivity contribution is -0.0214. The first-order valence-electron chi connectivity index (χ1n) is 11.1. The number of nitrogens with zero attached hydrogens (tertiary/aromatic N) is 2. The van der Waals surface area contributed by atoms with Gasteiger partial charge in [-0.3, -0.25) is 0 Å². The predicted octanol–water partition coefficient (Wildman–Crippen LogP) is 5.14. The minimum absolute atomic E-state index is 0.0870. The maximum atomic E-state index is 14.2. The number of fused-ring (bicyclic) bond motifs is 2. The van der Waals surface area contributed by atoms with Gasteiger partial charge in [0.15, 0.2) is 6.61 Å². The van der Waals surface area contributed by atoms with E-state index < -0.39 is 23.7 Å². The highest BCUT2D eigenvalue weighted by molar-refractivity contribution is 7.91. The number of allylic oxidation sites excluding steroid dienone is 1. The molecule has 0 saturated heterocycles. The Balaban J connectivity index is 1.56. The fourth-order valence-corrected chi connectivity index (χ4v) is 5.52. The summed E-state index contributed by atoms with van der Waals surface area (Å²) >= 11 is -0.832. The van der Waals surface area contributed by atoms with Crippen molar-refractivity contribution in [1.82, 2.24) is 9.97 Å². The third-order valence-corrected chi connectivity index (χ3v) is 7.44. The zero-order valence-corrected chi connectivity index (χ0v) is 20.0. The van der Waals surface area contributed by atoms with Gasteiger partial charge in [-0.05, 0) is 48.8 Å². The van der Waals surface area contributed by atoms with E-state index in [9.17, 15) is 13.3 Å². The molecule has 9 heteroatoms. The van der Waals surface area contributed by atoms with Gasteiger partial charge >= 0.3 is 5.92 Å². The van der Waals surface area contributed by atoms with Crippen molar-refractivity contribution in [1.29, 1.82) is 0 Å². The Hall–Kier alpha value is -2.91. The molecule has 1 N–H and O–H groups in total. The van der Waals surface area contributed by atoms with E-state index in [4.69, 9.17) is 9.47 Å². The van der Waals surface area contributed by atoms with E-state index in [1.807, 2.05) is 25.1 Å². The van der Waals surface area contributed by atoms with Crippen LogP contribution >= 0.6 is 0 Å². The topological polar surface area (TPSA) is 79.3 Å². The summed E-state index contributed by atoms with van der Waals surface area (Å²) < 4.78 is 51.2. The number of nitrogens with one attached hydrogen (secondary N) is 1. The van der Waals surface area contributed by atoms with Gasteiger partial charge in [0.2, 0.25) is 0 Å². The number of para-hydroxylation sites is 1. The quantitative estimate of drug-likeness (QED) is 0.504. The number of hydrogen-bond acceptors (Lipinski definition) is 6. The van der Waals surface area contributed by atoms with Crippen molar-refractivity contribution in [3.63, 3.8) is 0 Å². The molecule has 0 aliphatic carbocycles. The fraction of sp³-hybridized carbons (Fsp3) is 0.360. The molecule has 0 amide bonds. The molecular weight excluding hydrogens is 460 g/mol. The van der Waals surface area contributed by atoms with Crippen molar-refractivity contribution in [3.8, 4) is 11.5 Å². The Kier molecular flexibility index (Phi) is 5.85. The van der Waals surface area contributed by atoms with E-state index in [2.05, 4.69) is 15.3 Å². The summed E-state index contributed by atoms with van der Waals surface area (Å²) in [6.45, 7) is 3.05. The van der Waals surface area contributed by atoms with Crippen molar-refractivity contribution < 1.29 is 22.8 Å². The van der Waals surface area contributed by atoms with E-state index in [1.54, 1.807) is 26.2 Å². The molecule has 0 bridgehead atoms. The first kappa shape index (κ1) is 22.9. The normalized spacial score (nSPS) is 19.8. The Morgan fingerprint density at radius 1 is 1.26 bits per heavy atom. The highest BCUT2D eigenvalue weighted by Crippen LogP contribution is 2.45. The van der Waals surface area contributed by atoms with Crippen molar-refractivity contribution in [2.45, 2.75) is 32.2 Å². The number of anilines is 1. The Bertz CT molecular complexity index is 1300.